The van der Waals surface area contributed by atoms with Gasteiger partial charge in [-0.05, 0) is 23.3 Å². The first-order chi connectivity index (χ1) is 13.7. The van der Waals surface area contributed by atoms with E-state index in [1.165, 1.54) is 12.3 Å². The Morgan fingerprint density at radius 3 is 2.76 bits per heavy atom. The summed E-state index contributed by atoms with van der Waals surface area (Å²) in [6, 6.07) is 4.23. The smallest absolute Gasteiger partial charge is 0.265 e. The number of thiophene rings is 1. The Labute approximate surface area is 171 Å². The van der Waals surface area contributed by atoms with Gasteiger partial charge in [0.25, 0.3) is 11.8 Å². The third kappa shape index (κ3) is 3.53. The van der Waals surface area contributed by atoms with Crippen molar-refractivity contribution in [3.63, 3.8) is 0 Å². The molecule has 152 valence electrons. The average Bonchev–Trinajstić information content (AvgIpc) is 3.30. The molecule has 1 atom stereocenters. The molecule has 0 spiro atoms. The van der Waals surface area contributed by atoms with Gasteiger partial charge in [0.05, 0.1) is 29.5 Å². The van der Waals surface area contributed by atoms with E-state index in [2.05, 4.69) is 5.32 Å². The first-order valence-electron chi connectivity index (χ1n) is 8.86. The molecule has 10 heteroatoms. The van der Waals surface area contributed by atoms with Crippen molar-refractivity contribution in [2.24, 2.45) is 0 Å². The number of carbonyl (C=O) groups excluding carboxylic acids is 3. The molecule has 0 radical (unpaired) electrons. The Balaban J connectivity index is 1.77. The standard InChI is InChI=1S/C19H18N2O6S2/c1-10(22)20-17-16-13(8-28-17)18(23)21(19(16)24)14(9-29(2,25)26)11-3-4-15-12(7-11)5-6-27-15/h3-4,7-8,14H,5-6,9H2,1-2H3,(H,20,22)/t14-/m1/s1. The van der Waals surface area contributed by atoms with Crippen LogP contribution in [0.4, 0.5) is 5.00 Å². The van der Waals surface area contributed by atoms with Gasteiger partial charge in [-0.2, -0.15) is 0 Å². The Morgan fingerprint density at radius 1 is 1.31 bits per heavy atom. The molecule has 0 saturated carbocycles. The van der Waals surface area contributed by atoms with E-state index in [0.29, 0.717) is 18.6 Å². The van der Waals surface area contributed by atoms with Crippen LogP contribution in [0.5, 0.6) is 5.75 Å². The molecule has 0 unspecified atom stereocenters. The topological polar surface area (TPSA) is 110 Å². The first kappa shape index (κ1) is 19.6. The SMILES string of the molecule is CC(=O)Nc1scc2c1C(=O)N([C@H](CS(C)(=O)=O)c1ccc3c(c1)CCO3)C2=O. The number of hydrogen-bond acceptors (Lipinski definition) is 7. The molecular weight excluding hydrogens is 416 g/mol. The van der Waals surface area contributed by atoms with Crippen LogP contribution >= 0.6 is 11.3 Å². The molecule has 0 bridgehead atoms. The van der Waals surface area contributed by atoms with Crippen molar-refractivity contribution in [1.82, 2.24) is 4.90 Å². The summed E-state index contributed by atoms with van der Waals surface area (Å²) in [5, 5.41) is 4.36. The van der Waals surface area contributed by atoms with E-state index in [4.69, 9.17) is 4.74 Å². The minimum absolute atomic E-state index is 0.109. The normalized spacial score (nSPS) is 16.4. The lowest BCUT2D eigenvalue weighted by Gasteiger charge is -2.26. The van der Waals surface area contributed by atoms with Gasteiger partial charge in [-0.25, -0.2) is 8.42 Å². The van der Waals surface area contributed by atoms with E-state index in [1.54, 1.807) is 18.2 Å². The highest BCUT2D eigenvalue weighted by Crippen LogP contribution is 2.40. The number of nitrogens with zero attached hydrogens (tertiary/aromatic N) is 1. The Kier molecular flexibility index (Phi) is 4.70. The number of sulfone groups is 1. The minimum atomic E-state index is -3.51. The second-order valence-corrected chi connectivity index (χ2v) is 10.2. The van der Waals surface area contributed by atoms with E-state index >= 15 is 0 Å². The molecule has 0 fully saturated rings. The van der Waals surface area contributed by atoms with E-state index in [-0.39, 0.29) is 22.0 Å². The second kappa shape index (κ2) is 6.96. The molecule has 2 aliphatic heterocycles. The maximum atomic E-state index is 13.1. The number of nitrogens with one attached hydrogen (secondary N) is 1. The summed E-state index contributed by atoms with van der Waals surface area (Å²) in [6.07, 6.45) is 1.75. The second-order valence-electron chi connectivity index (χ2n) is 7.09. The lowest BCUT2D eigenvalue weighted by atomic mass is 10.0. The molecular formula is C19H18N2O6S2. The molecule has 4 rings (SSSR count). The van der Waals surface area contributed by atoms with Gasteiger partial charge < -0.3 is 10.1 Å². The minimum Gasteiger partial charge on any atom is -0.493 e. The van der Waals surface area contributed by atoms with Crippen molar-refractivity contribution in [2.75, 3.05) is 23.9 Å². The van der Waals surface area contributed by atoms with Gasteiger partial charge in [0.2, 0.25) is 5.91 Å². The van der Waals surface area contributed by atoms with E-state index in [0.717, 1.165) is 33.8 Å². The summed E-state index contributed by atoms with van der Waals surface area (Å²) in [6.45, 7) is 1.85. The van der Waals surface area contributed by atoms with Gasteiger partial charge in [-0.1, -0.05) is 6.07 Å². The van der Waals surface area contributed by atoms with Crippen LogP contribution in [0.2, 0.25) is 0 Å². The van der Waals surface area contributed by atoms with E-state index in [9.17, 15) is 22.8 Å². The lowest BCUT2D eigenvalue weighted by molar-refractivity contribution is -0.114. The highest BCUT2D eigenvalue weighted by atomic mass is 32.2. The summed E-state index contributed by atoms with van der Waals surface area (Å²) in [7, 11) is -3.51. The quantitative estimate of drug-likeness (QED) is 0.721. The van der Waals surface area contributed by atoms with Crippen molar-refractivity contribution in [3.8, 4) is 5.75 Å². The molecule has 3 heterocycles. The van der Waals surface area contributed by atoms with Gasteiger partial charge in [-0.3, -0.25) is 19.3 Å². The van der Waals surface area contributed by atoms with Crippen molar-refractivity contribution in [2.45, 2.75) is 19.4 Å². The largest absolute Gasteiger partial charge is 0.493 e. The molecule has 1 N–H and O–H groups in total. The lowest BCUT2D eigenvalue weighted by Crippen LogP contribution is -2.38. The van der Waals surface area contributed by atoms with Crippen LogP contribution in [-0.4, -0.2) is 49.7 Å². The number of hydrogen-bond donors (Lipinski definition) is 1. The predicted octanol–water partition coefficient (Wildman–Crippen LogP) is 2.02. The Morgan fingerprint density at radius 2 is 2.07 bits per heavy atom. The van der Waals surface area contributed by atoms with Gasteiger partial charge in [0.1, 0.15) is 20.6 Å². The van der Waals surface area contributed by atoms with Crippen LogP contribution in [0.15, 0.2) is 23.6 Å². The van der Waals surface area contributed by atoms with Gasteiger partial charge in [0, 0.05) is 25.0 Å². The summed E-state index contributed by atoms with van der Waals surface area (Å²) in [5.41, 5.74) is 1.74. The number of benzene rings is 1. The number of fused-ring (bicyclic) bond motifs is 2. The molecule has 2 aliphatic rings. The molecule has 8 nitrogen and oxygen atoms in total. The number of carbonyl (C=O) groups is 3. The van der Waals surface area contributed by atoms with Crippen molar-refractivity contribution < 1.29 is 27.5 Å². The van der Waals surface area contributed by atoms with Crippen molar-refractivity contribution in [3.05, 3.63) is 45.8 Å². The van der Waals surface area contributed by atoms with Crippen LogP contribution in [0, 0.1) is 0 Å². The highest BCUT2D eigenvalue weighted by Gasteiger charge is 2.44. The van der Waals surface area contributed by atoms with Gasteiger partial charge in [-0.15, -0.1) is 11.3 Å². The Hall–Kier alpha value is -2.72. The monoisotopic (exact) mass is 434 g/mol. The molecule has 1 aromatic carbocycles. The van der Waals surface area contributed by atoms with Crippen molar-refractivity contribution >= 4 is 43.9 Å². The number of rotatable bonds is 5. The van der Waals surface area contributed by atoms with E-state index in [1.807, 2.05) is 0 Å². The van der Waals surface area contributed by atoms with Crippen LogP contribution in [0.25, 0.3) is 0 Å². The molecule has 0 saturated heterocycles. The highest BCUT2D eigenvalue weighted by molar-refractivity contribution is 7.90. The van der Waals surface area contributed by atoms with Crippen LogP contribution in [-0.2, 0) is 21.1 Å². The third-order valence-corrected chi connectivity index (χ3v) is 6.65. The molecule has 29 heavy (non-hydrogen) atoms. The maximum absolute atomic E-state index is 13.1. The first-order valence-corrected chi connectivity index (χ1v) is 11.8. The molecule has 2 aromatic rings. The number of amides is 3. The summed E-state index contributed by atoms with van der Waals surface area (Å²) >= 11 is 1.09. The number of ether oxygens (including phenoxy) is 1. The molecule has 0 aliphatic carbocycles. The fourth-order valence-electron chi connectivity index (χ4n) is 3.63. The Bertz CT molecular complexity index is 1150. The molecule has 3 amide bonds. The zero-order valence-corrected chi connectivity index (χ0v) is 17.4. The van der Waals surface area contributed by atoms with Crippen LogP contribution in [0.3, 0.4) is 0 Å². The zero-order chi connectivity index (χ0) is 20.9. The molecule has 1 aromatic heterocycles. The fraction of sp³-hybridized carbons (Fsp3) is 0.316. The summed E-state index contributed by atoms with van der Waals surface area (Å²) in [4.78, 5) is 38.6. The van der Waals surface area contributed by atoms with E-state index < -0.39 is 33.4 Å². The zero-order valence-electron chi connectivity index (χ0n) is 15.7. The predicted molar refractivity (Wildman–Crippen MR) is 107 cm³/mol. The van der Waals surface area contributed by atoms with Crippen molar-refractivity contribution in [1.29, 1.82) is 0 Å². The van der Waals surface area contributed by atoms with Gasteiger partial charge in [0.15, 0.2) is 0 Å². The number of imide groups is 1. The average molecular weight is 434 g/mol. The maximum Gasteiger partial charge on any atom is 0.265 e. The summed E-state index contributed by atoms with van der Waals surface area (Å²) < 4.78 is 29.7. The van der Waals surface area contributed by atoms with Gasteiger partial charge >= 0.3 is 0 Å². The fourth-order valence-corrected chi connectivity index (χ4v) is 5.51. The third-order valence-electron chi connectivity index (χ3n) is 4.83. The van der Waals surface area contributed by atoms with Crippen LogP contribution in [0.1, 0.15) is 44.8 Å². The van der Waals surface area contributed by atoms with Crippen LogP contribution < -0.4 is 10.1 Å². The summed E-state index contributed by atoms with van der Waals surface area (Å²) in [5.74, 6) is -1.21. The number of anilines is 1.